The maximum atomic E-state index is 14.0. The molecule has 0 bridgehead atoms. The van der Waals surface area contributed by atoms with Gasteiger partial charge in [-0.05, 0) is 68.0 Å². The Kier molecular flexibility index (Phi) is 6.86. The number of ether oxygens (including phenoxy) is 2. The van der Waals surface area contributed by atoms with Gasteiger partial charge in [-0.2, -0.15) is 5.26 Å². The topological polar surface area (TPSA) is 83.4 Å². The molecule has 8 heteroatoms. The van der Waals surface area contributed by atoms with Crippen molar-refractivity contribution >= 4 is 6.09 Å². The van der Waals surface area contributed by atoms with E-state index in [9.17, 15) is 13.6 Å². The molecule has 2 aromatic rings. The molecule has 2 aliphatic rings. The number of rotatable bonds is 5. The molecule has 0 spiro atoms. The van der Waals surface area contributed by atoms with E-state index in [1.54, 1.807) is 18.2 Å². The zero-order chi connectivity index (χ0) is 22.5. The first-order chi connectivity index (χ1) is 15.5. The monoisotopic (exact) mass is 441 g/mol. The minimum absolute atomic E-state index is 0.0328. The number of carbonyl (C=O) groups is 1. The van der Waals surface area contributed by atoms with Crippen LogP contribution in [-0.2, 0) is 4.74 Å². The van der Waals surface area contributed by atoms with Crippen molar-refractivity contribution < 1.29 is 23.0 Å². The maximum Gasteiger partial charge on any atom is 0.407 e. The lowest BCUT2D eigenvalue weighted by Crippen LogP contribution is -2.45. The molecule has 168 valence electrons. The fourth-order valence-electron chi connectivity index (χ4n) is 4.38. The van der Waals surface area contributed by atoms with Gasteiger partial charge in [-0.25, -0.2) is 13.6 Å². The van der Waals surface area contributed by atoms with Crippen LogP contribution in [0.15, 0.2) is 42.5 Å². The lowest BCUT2D eigenvalue weighted by atomic mass is 9.97. The Morgan fingerprint density at radius 1 is 1.16 bits per heavy atom. The third-order valence-electron chi connectivity index (χ3n) is 6.02. The van der Waals surface area contributed by atoms with Gasteiger partial charge in [-0.15, -0.1) is 0 Å². The third-order valence-corrected chi connectivity index (χ3v) is 6.02. The second-order valence-electron chi connectivity index (χ2n) is 8.25. The van der Waals surface area contributed by atoms with Crippen molar-refractivity contribution in [1.82, 2.24) is 10.6 Å². The smallest absolute Gasteiger partial charge is 0.407 e. The lowest BCUT2D eigenvalue weighted by molar-refractivity contribution is 0.0741. The highest BCUT2D eigenvalue weighted by atomic mass is 19.1. The van der Waals surface area contributed by atoms with Gasteiger partial charge in [0.05, 0.1) is 11.6 Å². The Balaban J connectivity index is 1.47. The van der Waals surface area contributed by atoms with Crippen LogP contribution in [0.4, 0.5) is 13.6 Å². The van der Waals surface area contributed by atoms with Crippen LogP contribution in [0, 0.1) is 23.0 Å². The average Bonchev–Trinajstić information content (AvgIpc) is 3.17. The molecule has 32 heavy (non-hydrogen) atoms. The van der Waals surface area contributed by atoms with E-state index in [2.05, 4.69) is 10.6 Å². The Bertz CT molecular complexity index is 987. The summed E-state index contributed by atoms with van der Waals surface area (Å²) in [5.41, 5.74) is 0.882. The summed E-state index contributed by atoms with van der Waals surface area (Å²) in [7, 11) is 0. The van der Waals surface area contributed by atoms with Gasteiger partial charge in [0.1, 0.15) is 35.7 Å². The maximum absolute atomic E-state index is 14.0. The second kappa shape index (κ2) is 9.96. The van der Waals surface area contributed by atoms with Crippen molar-refractivity contribution in [2.45, 2.75) is 49.9 Å². The number of benzene rings is 2. The molecule has 0 radical (unpaired) electrons. The number of amides is 1. The van der Waals surface area contributed by atoms with E-state index < -0.39 is 18.0 Å². The van der Waals surface area contributed by atoms with Crippen LogP contribution in [0.5, 0.6) is 5.75 Å². The van der Waals surface area contributed by atoms with Crippen molar-refractivity contribution in [3.8, 4) is 11.8 Å². The minimum atomic E-state index is -0.660. The predicted octanol–water partition coefficient (Wildman–Crippen LogP) is 4.01. The first kappa shape index (κ1) is 22.0. The summed E-state index contributed by atoms with van der Waals surface area (Å²) in [5.74, 6) is -0.660. The number of nitrogens with zero attached hydrogens (tertiary/aromatic N) is 1. The summed E-state index contributed by atoms with van der Waals surface area (Å²) in [6.45, 7) is 1.54. The van der Waals surface area contributed by atoms with E-state index in [4.69, 9.17) is 14.7 Å². The van der Waals surface area contributed by atoms with Crippen LogP contribution < -0.4 is 15.4 Å². The number of carbonyl (C=O) groups excluding carboxylic acids is 1. The first-order valence-electron chi connectivity index (χ1n) is 10.8. The molecule has 2 N–H and O–H groups in total. The molecule has 4 rings (SSSR count). The van der Waals surface area contributed by atoms with E-state index in [-0.39, 0.29) is 35.2 Å². The molecular weight excluding hydrogens is 416 g/mol. The third kappa shape index (κ3) is 5.35. The molecule has 2 fully saturated rings. The summed E-state index contributed by atoms with van der Waals surface area (Å²) in [6.07, 6.45) is 1.77. The van der Waals surface area contributed by atoms with E-state index in [0.29, 0.717) is 19.4 Å². The molecule has 0 aromatic heterocycles. The van der Waals surface area contributed by atoms with Crippen molar-refractivity contribution in [3.63, 3.8) is 0 Å². The highest BCUT2D eigenvalue weighted by Crippen LogP contribution is 2.37. The van der Waals surface area contributed by atoms with Crippen LogP contribution in [0.1, 0.15) is 42.7 Å². The summed E-state index contributed by atoms with van der Waals surface area (Å²) in [5, 5.41) is 15.0. The molecule has 2 aromatic carbocycles. The summed E-state index contributed by atoms with van der Waals surface area (Å²) >= 11 is 0. The lowest BCUT2D eigenvalue weighted by Gasteiger charge is -2.26. The largest absolute Gasteiger partial charge is 0.488 e. The standard InChI is InChI=1S/C24H25F2N3O3/c25-18-6-3-15(4-7-18)17-10-22(29-24(30)32-20-2-1-9-28-14-20)23(11-17)31-19-8-5-16(13-27)21(26)12-19/h3-8,12,17,20,22-23,28H,1-2,9-11,14H2,(H,29,30). The zero-order valence-electron chi connectivity index (χ0n) is 17.5. The number of hydrogen-bond acceptors (Lipinski definition) is 5. The molecular formula is C24H25F2N3O3. The van der Waals surface area contributed by atoms with Crippen LogP contribution in [0.25, 0.3) is 0 Å². The number of alkyl carbamates (subject to hydrolysis) is 1. The van der Waals surface area contributed by atoms with Crippen molar-refractivity contribution in [3.05, 3.63) is 65.2 Å². The fraction of sp³-hybridized carbons (Fsp3) is 0.417. The normalized spacial score (nSPS) is 25.0. The van der Waals surface area contributed by atoms with Gasteiger partial charge in [0.25, 0.3) is 0 Å². The highest BCUT2D eigenvalue weighted by molar-refractivity contribution is 5.68. The quantitative estimate of drug-likeness (QED) is 0.733. The number of piperidine rings is 1. The van der Waals surface area contributed by atoms with Gasteiger partial charge in [-0.1, -0.05) is 12.1 Å². The molecule has 4 unspecified atom stereocenters. The number of halogens is 2. The van der Waals surface area contributed by atoms with Gasteiger partial charge >= 0.3 is 6.09 Å². The first-order valence-corrected chi connectivity index (χ1v) is 10.8. The van der Waals surface area contributed by atoms with E-state index >= 15 is 0 Å². The van der Waals surface area contributed by atoms with Crippen LogP contribution >= 0.6 is 0 Å². The highest BCUT2D eigenvalue weighted by Gasteiger charge is 2.38. The predicted molar refractivity (Wildman–Crippen MR) is 113 cm³/mol. The van der Waals surface area contributed by atoms with Crippen LogP contribution in [-0.4, -0.2) is 37.4 Å². The molecule has 1 aliphatic heterocycles. The summed E-state index contributed by atoms with van der Waals surface area (Å²) in [6, 6.07) is 11.8. The summed E-state index contributed by atoms with van der Waals surface area (Å²) < 4.78 is 39.0. The Morgan fingerprint density at radius 3 is 2.66 bits per heavy atom. The second-order valence-corrected chi connectivity index (χ2v) is 8.25. The van der Waals surface area contributed by atoms with Crippen LogP contribution in [0.2, 0.25) is 0 Å². The molecule has 1 heterocycles. The molecule has 1 aliphatic carbocycles. The summed E-state index contributed by atoms with van der Waals surface area (Å²) in [4.78, 5) is 12.5. The molecule has 4 atom stereocenters. The minimum Gasteiger partial charge on any atom is -0.488 e. The molecule has 1 amide bonds. The van der Waals surface area contributed by atoms with E-state index in [1.807, 2.05) is 0 Å². The Labute approximate surface area is 185 Å². The zero-order valence-corrected chi connectivity index (χ0v) is 17.5. The number of hydrogen-bond donors (Lipinski definition) is 2. The SMILES string of the molecule is N#Cc1ccc(OC2CC(c3ccc(F)cc3)CC2NC(=O)OC2CCCNC2)cc1F. The molecule has 1 saturated carbocycles. The van der Waals surface area contributed by atoms with Crippen molar-refractivity contribution in [2.75, 3.05) is 13.1 Å². The Morgan fingerprint density at radius 2 is 1.97 bits per heavy atom. The van der Waals surface area contributed by atoms with Crippen molar-refractivity contribution in [2.24, 2.45) is 0 Å². The van der Waals surface area contributed by atoms with Gasteiger partial charge in [0, 0.05) is 12.6 Å². The fourth-order valence-corrected chi connectivity index (χ4v) is 4.38. The van der Waals surface area contributed by atoms with Crippen molar-refractivity contribution in [1.29, 1.82) is 5.26 Å². The van der Waals surface area contributed by atoms with Crippen LogP contribution in [0.3, 0.4) is 0 Å². The van der Waals surface area contributed by atoms with Gasteiger partial charge in [0.15, 0.2) is 0 Å². The number of nitriles is 1. The van der Waals surface area contributed by atoms with Gasteiger partial charge < -0.3 is 20.1 Å². The Hall–Kier alpha value is -3.18. The van der Waals surface area contributed by atoms with E-state index in [0.717, 1.165) is 24.9 Å². The van der Waals surface area contributed by atoms with Gasteiger partial charge in [-0.3, -0.25) is 0 Å². The van der Waals surface area contributed by atoms with Gasteiger partial charge in [0.2, 0.25) is 0 Å². The molecule has 1 saturated heterocycles. The van der Waals surface area contributed by atoms with E-state index in [1.165, 1.54) is 30.3 Å². The number of nitrogens with one attached hydrogen (secondary N) is 2. The molecule has 6 nitrogen and oxygen atoms in total. The average molecular weight is 441 g/mol.